The molecule has 1 N–H and O–H groups in total. The second-order valence-electron chi connectivity index (χ2n) is 7.59. The van der Waals surface area contributed by atoms with Crippen LogP contribution in [0.3, 0.4) is 0 Å². The minimum atomic E-state index is -4.50. The molecule has 0 fully saturated rings. The van der Waals surface area contributed by atoms with Gasteiger partial charge in [0.15, 0.2) is 5.16 Å². The van der Waals surface area contributed by atoms with Crippen molar-refractivity contribution in [1.29, 1.82) is 0 Å². The third kappa shape index (κ3) is 4.32. The highest BCUT2D eigenvalue weighted by Gasteiger charge is 2.29. The summed E-state index contributed by atoms with van der Waals surface area (Å²) in [5, 5.41) is 10.1. The highest BCUT2D eigenvalue weighted by atomic mass is 32.2. The molecule has 172 valence electrons. The molecule has 0 spiro atoms. The summed E-state index contributed by atoms with van der Waals surface area (Å²) in [5.74, 6) is -0.529. The van der Waals surface area contributed by atoms with Gasteiger partial charge in [-0.1, -0.05) is 36.0 Å². The minimum Gasteiger partial charge on any atom is -0.346 e. The normalized spacial score (nSPS) is 12.9. The second kappa shape index (κ2) is 8.54. The van der Waals surface area contributed by atoms with Crippen LogP contribution in [-0.4, -0.2) is 43.0 Å². The molecule has 33 heavy (non-hydrogen) atoms. The van der Waals surface area contributed by atoms with Crippen LogP contribution in [-0.2, 0) is 4.79 Å². The zero-order valence-corrected chi connectivity index (χ0v) is 18.8. The monoisotopic (exact) mass is 475 g/mol. The number of nitrogens with zero attached hydrogens (tertiary/aromatic N) is 4. The largest absolute Gasteiger partial charge is 0.405 e. The van der Waals surface area contributed by atoms with Gasteiger partial charge in [-0.3, -0.25) is 14.0 Å². The molecule has 4 aromatic rings. The zero-order valence-electron chi connectivity index (χ0n) is 18.0. The quantitative estimate of drug-likeness (QED) is 0.444. The van der Waals surface area contributed by atoms with E-state index in [0.29, 0.717) is 16.6 Å². The molecule has 0 aliphatic rings. The van der Waals surface area contributed by atoms with Gasteiger partial charge in [-0.2, -0.15) is 13.2 Å². The number of nitrogens with one attached hydrogen (secondary N) is 1. The Morgan fingerprint density at radius 1 is 1.12 bits per heavy atom. The number of carbonyl (C=O) groups is 1. The number of thioether (sulfide) groups is 1. The molecule has 0 radical (unpaired) electrons. The molecular formula is C22H20F3N5O2S. The van der Waals surface area contributed by atoms with Crippen molar-refractivity contribution in [3.63, 3.8) is 0 Å². The summed E-state index contributed by atoms with van der Waals surface area (Å²) in [4.78, 5) is 25.6. The standard InChI is InChI=1S/C22H20F3N5O2S/c1-12-7-6-10-16(13(12)2)29-19(32)15-8-4-5-9-17(15)30-20(29)27-28-21(30)33-14(3)18(31)26-11-22(23,24)25/h4-10,14H,11H2,1-3H3,(H,26,31). The second-order valence-corrected chi connectivity index (χ2v) is 8.90. The Morgan fingerprint density at radius 2 is 1.85 bits per heavy atom. The molecule has 2 aromatic carbocycles. The van der Waals surface area contributed by atoms with Gasteiger partial charge in [0.2, 0.25) is 11.7 Å². The first kappa shape index (κ1) is 22.8. The van der Waals surface area contributed by atoms with Crippen LogP contribution in [0, 0.1) is 13.8 Å². The van der Waals surface area contributed by atoms with E-state index in [0.717, 1.165) is 22.9 Å². The number of alkyl halides is 3. The van der Waals surface area contributed by atoms with Crippen molar-refractivity contribution in [3.8, 4) is 5.69 Å². The molecule has 7 nitrogen and oxygen atoms in total. The van der Waals surface area contributed by atoms with Crippen LogP contribution in [0.1, 0.15) is 18.1 Å². The summed E-state index contributed by atoms with van der Waals surface area (Å²) < 4.78 is 40.5. The van der Waals surface area contributed by atoms with Crippen molar-refractivity contribution >= 4 is 34.3 Å². The third-order valence-electron chi connectivity index (χ3n) is 5.33. The predicted molar refractivity (Wildman–Crippen MR) is 120 cm³/mol. The van der Waals surface area contributed by atoms with Crippen molar-refractivity contribution in [2.24, 2.45) is 0 Å². The van der Waals surface area contributed by atoms with Crippen LogP contribution >= 0.6 is 11.8 Å². The van der Waals surface area contributed by atoms with E-state index in [1.54, 1.807) is 28.7 Å². The summed E-state index contributed by atoms with van der Waals surface area (Å²) >= 11 is 0.965. The first-order valence-corrected chi connectivity index (χ1v) is 10.9. The number of hydrogen-bond donors (Lipinski definition) is 1. The Hall–Kier alpha value is -3.34. The first-order valence-electron chi connectivity index (χ1n) is 10.0. The summed E-state index contributed by atoms with van der Waals surface area (Å²) in [6, 6.07) is 12.5. The average Bonchev–Trinajstić information content (AvgIpc) is 3.17. The SMILES string of the molecule is Cc1cccc(-n2c(=O)c3ccccc3n3c(SC(C)C(=O)NCC(F)(F)F)nnc23)c1C. The summed E-state index contributed by atoms with van der Waals surface area (Å²) in [7, 11) is 0. The zero-order chi connectivity index (χ0) is 23.9. The van der Waals surface area contributed by atoms with Crippen molar-refractivity contribution in [2.75, 3.05) is 6.54 Å². The van der Waals surface area contributed by atoms with Crippen LogP contribution in [0.15, 0.2) is 52.4 Å². The third-order valence-corrected chi connectivity index (χ3v) is 6.37. The van der Waals surface area contributed by atoms with Gasteiger partial charge >= 0.3 is 6.18 Å². The van der Waals surface area contributed by atoms with Crippen LogP contribution in [0.25, 0.3) is 22.4 Å². The molecule has 0 saturated carbocycles. The van der Waals surface area contributed by atoms with Gasteiger partial charge in [0, 0.05) is 0 Å². The molecule has 0 saturated heterocycles. The highest BCUT2D eigenvalue weighted by molar-refractivity contribution is 8.00. The van der Waals surface area contributed by atoms with Crippen molar-refractivity contribution in [3.05, 3.63) is 63.9 Å². The molecule has 2 aromatic heterocycles. The lowest BCUT2D eigenvalue weighted by Gasteiger charge is -2.15. The van der Waals surface area contributed by atoms with Crippen LogP contribution in [0.4, 0.5) is 13.2 Å². The molecule has 1 atom stereocenters. The number of amides is 1. The number of benzene rings is 2. The van der Waals surface area contributed by atoms with Crippen LogP contribution < -0.4 is 10.9 Å². The number of para-hydroxylation sites is 1. The number of aromatic nitrogens is 4. The summed E-state index contributed by atoms with van der Waals surface area (Å²) in [5.41, 5.74) is 2.81. The van der Waals surface area contributed by atoms with Crippen LogP contribution in [0.2, 0.25) is 0 Å². The molecule has 1 amide bonds. The fourth-order valence-corrected chi connectivity index (χ4v) is 4.37. The van der Waals surface area contributed by atoms with E-state index in [1.165, 1.54) is 11.5 Å². The molecule has 4 rings (SSSR count). The highest BCUT2D eigenvalue weighted by Crippen LogP contribution is 2.27. The molecule has 0 aliphatic carbocycles. The van der Waals surface area contributed by atoms with Crippen molar-refractivity contribution in [1.82, 2.24) is 24.5 Å². The number of halogens is 3. The van der Waals surface area contributed by atoms with E-state index in [2.05, 4.69) is 10.2 Å². The lowest BCUT2D eigenvalue weighted by Crippen LogP contribution is -2.38. The summed E-state index contributed by atoms with van der Waals surface area (Å²) in [6.45, 7) is 3.92. The maximum absolute atomic E-state index is 13.4. The smallest absolute Gasteiger partial charge is 0.346 e. The number of fused-ring (bicyclic) bond motifs is 3. The number of carbonyl (C=O) groups excluding carboxylic acids is 1. The number of hydrogen-bond acceptors (Lipinski definition) is 5. The van der Waals surface area contributed by atoms with Gasteiger partial charge < -0.3 is 5.32 Å². The molecule has 11 heteroatoms. The van der Waals surface area contributed by atoms with Gasteiger partial charge in [-0.15, -0.1) is 10.2 Å². The number of aryl methyl sites for hydroxylation is 1. The maximum Gasteiger partial charge on any atom is 0.405 e. The fraction of sp³-hybridized carbons (Fsp3) is 0.273. The lowest BCUT2D eigenvalue weighted by molar-refractivity contribution is -0.137. The molecule has 0 aliphatic heterocycles. The molecule has 2 heterocycles. The van der Waals surface area contributed by atoms with Gasteiger partial charge in [0.25, 0.3) is 5.56 Å². The van der Waals surface area contributed by atoms with E-state index in [9.17, 15) is 22.8 Å². The Bertz CT molecular complexity index is 1430. The Kier molecular flexibility index (Phi) is 5.91. The van der Waals surface area contributed by atoms with Gasteiger partial charge in [0.05, 0.1) is 21.8 Å². The van der Waals surface area contributed by atoms with Gasteiger partial charge in [-0.25, -0.2) is 4.57 Å². The first-order chi connectivity index (χ1) is 15.6. The van der Waals surface area contributed by atoms with E-state index >= 15 is 0 Å². The topological polar surface area (TPSA) is 81.3 Å². The van der Waals surface area contributed by atoms with E-state index in [1.807, 2.05) is 37.4 Å². The number of rotatable bonds is 5. The van der Waals surface area contributed by atoms with E-state index in [4.69, 9.17) is 0 Å². The molecular weight excluding hydrogens is 455 g/mol. The minimum absolute atomic E-state index is 0.248. The van der Waals surface area contributed by atoms with Crippen LogP contribution in [0.5, 0.6) is 0 Å². The van der Waals surface area contributed by atoms with Crippen molar-refractivity contribution < 1.29 is 18.0 Å². The Balaban J connectivity index is 1.86. The van der Waals surface area contributed by atoms with Crippen molar-refractivity contribution in [2.45, 2.75) is 37.4 Å². The lowest BCUT2D eigenvalue weighted by atomic mass is 10.1. The predicted octanol–water partition coefficient (Wildman–Crippen LogP) is 3.81. The Labute approximate surface area is 190 Å². The average molecular weight is 475 g/mol. The Morgan fingerprint density at radius 3 is 2.58 bits per heavy atom. The summed E-state index contributed by atoms with van der Waals surface area (Å²) in [6.07, 6.45) is -4.50. The molecule has 0 bridgehead atoms. The van der Waals surface area contributed by atoms with Gasteiger partial charge in [0.1, 0.15) is 6.54 Å². The molecule has 1 unspecified atom stereocenters. The van der Waals surface area contributed by atoms with Gasteiger partial charge in [-0.05, 0) is 50.1 Å². The maximum atomic E-state index is 13.4. The fourth-order valence-electron chi connectivity index (χ4n) is 3.49. The van der Waals surface area contributed by atoms with E-state index < -0.39 is 23.9 Å². The van der Waals surface area contributed by atoms with E-state index in [-0.39, 0.29) is 16.5 Å².